The van der Waals surface area contributed by atoms with Gasteiger partial charge in [0.15, 0.2) is 0 Å². The number of benzene rings is 3. The molecular formula is C32H40O4. The van der Waals surface area contributed by atoms with Crippen LogP contribution in [0.4, 0.5) is 0 Å². The number of hydrogen-bond acceptors (Lipinski definition) is 3. The van der Waals surface area contributed by atoms with Gasteiger partial charge >= 0.3 is 5.97 Å². The maximum atomic E-state index is 11.0. The van der Waals surface area contributed by atoms with Crippen LogP contribution in [0.3, 0.4) is 0 Å². The molecule has 3 rings (SSSR count). The molecule has 3 aromatic carbocycles. The Hall–Kier alpha value is -3.11. The molecule has 1 unspecified atom stereocenters. The molecule has 192 valence electrons. The number of aliphatic carboxylic acids is 1. The number of aliphatic hydroxyl groups is 1. The Labute approximate surface area is 216 Å². The average molecular weight is 489 g/mol. The lowest BCUT2D eigenvalue weighted by molar-refractivity contribution is -0.136. The van der Waals surface area contributed by atoms with Gasteiger partial charge in [0.25, 0.3) is 0 Å². The minimum atomic E-state index is -0.818. The van der Waals surface area contributed by atoms with E-state index in [1.165, 1.54) is 16.7 Å². The van der Waals surface area contributed by atoms with Crippen molar-refractivity contribution in [1.29, 1.82) is 0 Å². The van der Waals surface area contributed by atoms with Crippen LogP contribution < -0.4 is 4.74 Å². The van der Waals surface area contributed by atoms with Gasteiger partial charge in [-0.2, -0.15) is 0 Å². The summed E-state index contributed by atoms with van der Waals surface area (Å²) in [6.07, 6.45) is 1.50. The Bertz CT molecular complexity index is 1170. The lowest BCUT2D eigenvalue weighted by Gasteiger charge is -2.34. The summed E-state index contributed by atoms with van der Waals surface area (Å²) in [6, 6.07) is 21.0. The molecule has 3 aromatic rings. The zero-order chi connectivity index (χ0) is 26.5. The van der Waals surface area contributed by atoms with E-state index in [4.69, 9.17) is 9.84 Å². The Balaban J connectivity index is 1.91. The molecule has 0 amide bonds. The van der Waals surface area contributed by atoms with Gasteiger partial charge < -0.3 is 14.9 Å². The fourth-order valence-electron chi connectivity index (χ4n) is 4.97. The van der Waals surface area contributed by atoms with Crippen LogP contribution in [0.5, 0.6) is 5.75 Å². The summed E-state index contributed by atoms with van der Waals surface area (Å²) in [4.78, 5) is 11.0. The Kier molecular flexibility index (Phi) is 8.97. The van der Waals surface area contributed by atoms with Gasteiger partial charge in [-0.05, 0) is 77.6 Å². The molecule has 0 spiro atoms. The second kappa shape index (κ2) is 11.7. The third-order valence-electron chi connectivity index (χ3n) is 7.51. The average Bonchev–Trinajstić information content (AvgIpc) is 2.85. The van der Waals surface area contributed by atoms with Gasteiger partial charge in [0.05, 0.1) is 12.5 Å². The van der Waals surface area contributed by atoms with E-state index in [-0.39, 0.29) is 17.8 Å². The number of hydrogen-bond donors (Lipinski definition) is 2. The number of carboxylic acid groups (broad SMARTS) is 1. The summed E-state index contributed by atoms with van der Waals surface area (Å²) >= 11 is 0. The highest BCUT2D eigenvalue weighted by molar-refractivity contribution is 5.72. The summed E-state index contributed by atoms with van der Waals surface area (Å²) in [6.45, 7) is 13.0. The predicted octanol–water partition coefficient (Wildman–Crippen LogP) is 7.10. The topological polar surface area (TPSA) is 66.8 Å². The summed E-state index contributed by atoms with van der Waals surface area (Å²) in [5.41, 5.74) is 7.77. The minimum Gasteiger partial charge on any atom is -0.491 e. The molecular weight excluding hydrogens is 448 g/mol. The van der Waals surface area contributed by atoms with E-state index in [2.05, 4.69) is 58.0 Å². The van der Waals surface area contributed by atoms with Crippen LogP contribution in [0.1, 0.15) is 68.4 Å². The van der Waals surface area contributed by atoms with E-state index < -0.39 is 12.1 Å². The highest BCUT2D eigenvalue weighted by Crippen LogP contribution is 2.41. The Morgan fingerprint density at radius 1 is 0.889 bits per heavy atom. The molecule has 2 N–H and O–H groups in total. The smallest absolute Gasteiger partial charge is 0.307 e. The molecule has 0 radical (unpaired) electrons. The first kappa shape index (κ1) is 27.5. The summed E-state index contributed by atoms with van der Waals surface area (Å²) in [5.74, 6) is 0.158. The summed E-state index contributed by atoms with van der Waals surface area (Å²) in [7, 11) is 0. The maximum Gasteiger partial charge on any atom is 0.307 e. The molecule has 0 aliphatic heterocycles. The third kappa shape index (κ3) is 5.99. The second-order valence-electron chi connectivity index (χ2n) is 10.2. The standard InChI is InChI=1S/C32H40O4/c1-7-32(8-2,27-14-16-30(23(6)18-27)36-20-29(33)21(3)4)26-13-15-28(22(5)17-26)25-11-9-24(10-12-25)19-31(34)35/h9-18,21,29,33H,7-8,19-20H2,1-6H3,(H,34,35). The first-order chi connectivity index (χ1) is 17.1. The largest absolute Gasteiger partial charge is 0.491 e. The fourth-order valence-corrected chi connectivity index (χ4v) is 4.97. The van der Waals surface area contributed by atoms with Crippen LogP contribution in [-0.2, 0) is 16.6 Å². The molecule has 0 fully saturated rings. The van der Waals surface area contributed by atoms with Crippen molar-refractivity contribution in [2.75, 3.05) is 6.61 Å². The molecule has 0 saturated carbocycles. The minimum absolute atomic E-state index is 0.0370. The highest BCUT2D eigenvalue weighted by atomic mass is 16.5. The first-order valence-electron chi connectivity index (χ1n) is 13.0. The van der Waals surface area contributed by atoms with Crippen LogP contribution in [0.2, 0.25) is 0 Å². The molecule has 0 aliphatic carbocycles. The lowest BCUT2D eigenvalue weighted by atomic mass is 9.69. The fraction of sp³-hybridized carbons (Fsp3) is 0.406. The quantitative estimate of drug-likeness (QED) is 0.302. The molecule has 1 atom stereocenters. The molecule has 0 aromatic heterocycles. The van der Waals surface area contributed by atoms with Gasteiger partial charge in [0, 0.05) is 5.41 Å². The number of aliphatic hydroxyl groups excluding tert-OH is 1. The van der Waals surface area contributed by atoms with Crippen LogP contribution in [0.25, 0.3) is 11.1 Å². The van der Waals surface area contributed by atoms with Crippen molar-refractivity contribution < 1.29 is 19.7 Å². The summed E-state index contributed by atoms with van der Waals surface area (Å²) < 4.78 is 5.93. The van der Waals surface area contributed by atoms with Crippen molar-refractivity contribution in [2.24, 2.45) is 5.92 Å². The van der Waals surface area contributed by atoms with Gasteiger partial charge in [-0.15, -0.1) is 0 Å². The monoisotopic (exact) mass is 488 g/mol. The first-order valence-corrected chi connectivity index (χ1v) is 13.0. The molecule has 36 heavy (non-hydrogen) atoms. The summed E-state index contributed by atoms with van der Waals surface area (Å²) in [5, 5.41) is 19.1. The molecule has 4 heteroatoms. The zero-order valence-corrected chi connectivity index (χ0v) is 22.5. The van der Waals surface area contributed by atoms with Crippen molar-refractivity contribution in [2.45, 2.75) is 72.3 Å². The van der Waals surface area contributed by atoms with Gasteiger partial charge in [0.2, 0.25) is 0 Å². The normalized spacial score (nSPS) is 12.6. The van der Waals surface area contributed by atoms with E-state index >= 15 is 0 Å². The third-order valence-corrected chi connectivity index (χ3v) is 7.51. The zero-order valence-electron chi connectivity index (χ0n) is 22.5. The van der Waals surface area contributed by atoms with Crippen LogP contribution in [0.15, 0.2) is 60.7 Å². The predicted molar refractivity (Wildman–Crippen MR) is 147 cm³/mol. The molecule has 0 saturated heterocycles. The second-order valence-corrected chi connectivity index (χ2v) is 10.2. The van der Waals surface area contributed by atoms with Gasteiger partial charge in [0.1, 0.15) is 12.4 Å². The molecule has 0 aliphatic rings. The van der Waals surface area contributed by atoms with E-state index in [0.717, 1.165) is 40.8 Å². The van der Waals surface area contributed by atoms with Crippen molar-refractivity contribution in [1.82, 2.24) is 0 Å². The number of aryl methyl sites for hydroxylation is 2. The number of rotatable bonds is 11. The lowest BCUT2D eigenvalue weighted by Crippen LogP contribution is -2.26. The van der Waals surface area contributed by atoms with Crippen LogP contribution in [0, 0.1) is 19.8 Å². The van der Waals surface area contributed by atoms with E-state index in [9.17, 15) is 9.90 Å². The molecule has 4 nitrogen and oxygen atoms in total. The van der Waals surface area contributed by atoms with E-state index in [1.54, 1.807) is 0 Å². The SMILES string of the molecule is CCC(CC)(c1ccc(OCC(O)C(C)C)c(C)c1)c1ccc(-c2ccc(CC(=O)O)cc2)c(C)c1. The van der Waals surface area contributed by atoms with Crippen LogP contribution >= 0.6 is 0 Å². The number of carboxylic acids is 1. The van der Waals surface area contributed by atoms with Gasteiger partial charge in [-0.25, -0.2) is 0 Å². The van der Waals surface area contributed by atoms with Crippen molar-refractivity contribution in [3.05, 3.63) is 88.5 Å². The van der Waals surface area contributed by atoms with Gasteiger partial charge in [-0.1, -0.05) is 82.3 Å². The Morgan fingerprint density at radius 2 is 1.47 bits per heavy atom. The number of ether oxygens (including phenoxy) is 1. The van der Waals surface area contributed by atoms with Crippen LogP contribution in [-0.4, -0.2) is 28.9 Å². The van der Waals surface area contributed by atoms with Crippen molar-refractivity contribution in [3.8, 4) is 16.9 Å². The molecule has 0 bridgehead atoms. The van der Waals surface area contributed by atoms with Crippen molar-refractivity contribution >= 4 is 5.97 Å². The van der Waals surface area contributed by atoms with Gasteiger partial charge in [-0.3, -0.25) is 4.79 Å². The maximum absolute atomic E-state index is 11.0. The molecule has 0 heterocycles. The Morgan fingerprint density at radius 3 is 1.97 bits per heavy atom. The number of carbonyl (C=O) groups is 1. The highest BCUT2D eigenvalue weighted by Gasteiger charge is 2.31. The van der Waals surface area contributed by atoms with Crippen molar-refractivity contribution in [3.63, 3.8) is 0 Å². The van der Waals surface area contributed by atoms with E-state index in [0.29, 0.717) is 6.61 Å². The van der Waals surface area contributed by atoms with E-state index in [1.807, 2.05) is 44.2 Å².